The van der Waals surface area contributed by atoms with Crippen molar-refractivity contribution in [2.24, 2.45) is 0 Å². The van der Waals surface area contributed by atoms with E-state index in [4.69, 9.17) is 0 Å². The van der Waals surface area contributed by atoms with E-state index in [0.29, 0.717) is 5.54 Å². The summed E-state index contributed by atoms with van der Waals surface area (Å²) >= 11 is -1.46. The Morgan fingerprint density at radius 1 is 1.28 bits per heavy atom. The average Bonchev–Trinajstić information content (AvgIpc) is 2.61. The Labute approximate surface area is 126 Å². The Bertz CT molecular complexity index is 357. The minimum absolute atomic E-state index is 0. The van der Waals surface area contributed by atoms with Gasteiger partial charge < -0.3 is 2.85 Å². The Kier molecular flexibility index (Phi) is 5.48. The van der Waals surface area contributed by atoms with Gasteiger partial charge >= 0.3 is 124 Å². The monoisotopic (exact) mass is 360 g/mol. The largest absolute Gasteiger partial charge is 1.00 e. The van der Waals surface area contributed by atoms with Crippen molar-refractivity contribution in [3.63, 3.8) is 0 Å². The van der Waals surface area contributed by atoms with Crippen molar-refractivity contribution in [3.05, 3.63) is 23.9 Å². The van der Waals surface area contributed by atoms with E-state index in [1.165, 1.54) is 6.42 Å². The predicted octanol–water partition coefficient (Wildman–Crippen LogP) is 4.51. The molecule has 0 aromatic carbocycles. The molecule has 0 saturated carbocycles. The summed E-state index contributed by atoms with van der Waals surface area (Å²) in [5.74, 6) is -0.509. The quantitative estimate of drug-likeness (QED) is 0.666. The molecule has 0 fully saturated rings. The van der Waals surface area contributed by atoms with E-state index in [-0.39, 0.29) is 2.85 Å². The summed E-state index contributed by atoms with van der Waals surface area (Å²) in [7, 11) is 0. The van der Waals surface area contributed by atoms with Gasteiger partial charge in [0.15, 0.2) is 0 Å². The third-order valence-electron chi connectivity index (χ3n) is 3.27. The van der Waals surface area contributed by atoms with Gasteiger partial charge in [0.05, 0.1) is 0 Å². The van der Waals surface area contributed by atoms with Gasteiger partial charge in [-0.3, -0.25) is 0 Å². The van der Waals surface area contributed by atoms with Crippen LogP contribution in [0, 0.1) is 0 Å². The fourth-order valence-corrected chi connectivity index (χ4v) is 67.2. The van der Waals surface area contributed by atoms with Crippen LogP contribution in [0.4, 0.5) is 0 Å². The van der Waals surface area contributed by atoms with Crippen LogP contribution in [0.1, 0.15) is 30.0 Å². The first kappa shape index (κ1) is 16.7. The molecule has 18 heavy (non-hydrogen) atoms. The maximum Gasteiger partial charge on any atom is -1.00 e. The number of allylic oxidation sites excluding steroid dienone is 3. The fraction of sp³-hybridized carbons (Fsp3) is 0.714. The average molecular weight is 362 g/mol. The molecule has 0 heterocycles. The fourth-order valence-electron chi connectivity index (χ4n) is 3.01. The summed E-state index contributed by atoms with van der Waals surface area (Å²) in [6.07, 6.45) is 8.12. The Hall–Kier alpha value is 0.597. The van der Waals surface area contributed by atoms with E-state index < -0.39 is 31.5 Å². The summed E-state index contributed by atoms with van der Waals surface area (Å²) in [5.41, 5.74) is 1.95. The summed E-state index contributed by atoms with van der Waals surface area (Å²) in [5, 5.41) is -0.974. The van der Waals surface area contributed by atoms with E-state index in [1.54, 1.807) is 5.70 Å². The molecule has 105 valence electrons. The van der Waals surface area contributed by atoms with E-state index in [1.807, 2.05) is 0 Å². The minimum atomic E-state index is -1.46. The Balaban J connectivity index is 0. The molecule has 1 aliphatic rings. The van der Waals surface area contributed by atoms with Crippen LogP contribution in [-0.4, -0.2) is 19.5 Å². The summed E-state index contributed by atoms with van der Waals surface area (Å²) in [6.45, 7) is 20.3. The second-order valence-electron chi connectivity index (χ2n) is 7.59. The smallest absolute Gasteiger partial charge is 1.00 e. The third kappa shape index (κ3) is 4.04. The first-order chi connectivity index (χ1) is 8.05. The van der Waals surface area contributed by atoms with E-state index in [0.717, 1.165) is 0 Å². The molecule has 1 aliphatic carbocycles. The van der Waals surface area contributed by atoms with E-state index in [2.05, 4.69) is 74.6 Å². The minimum Gasteiger partial charge on any atom is -1.00 e. The molecule has 0 saturated heterocycles. The van der Waals surface area contributed by atoms with Gasteiger partial charge in [-0.2, -0.15) is 0 Å². The Morgan fingerprint density at radius 2 is 1.83 bits per heavy atom. The molecule has 4 heteroatoms. The van der Waals surface area contributed by atoms with Crippen molar-refractivity contribution in [1.82, 2.24) is 2.84 Å². The van der Waals surface area contributed by atoms with Crippen LogP contribution in [0.25, 0.3) is 0 Å². The molecular weight excluding hydrogens is 330 g/mol. The van der Waals surface area contributed by atoms with Crippen molar-refractivity contribution >= 4 is 11.1 Å². The normalized spacial score (nSPS) is 16.2. The summed E-state index contributed by atoms with van der Waals surface area (Å²) < 4.78 is 2.97. The van der Waals surface area contributed by atoms with Crippen molar-refractivity contribution in [2.75, 3.05) is 0 Å². The van der Waals surface area contributed by atoms with Crippen molar-refractivity contribution in [1.29, 1.82) is 0 Å². The molecule has 0 atom stereocenters. The second kappa shape index (κ2) is 5.93. The number of nitrogens with zero attached hydrogens (tertiary/aromatic N) is 1. The molecule has 0 N–H and O–H groups in total. The Morgan fingerprint density at radius 3 is 2.11 bits per heavy atom. The summed E-state index contributed by atoms with van der Waals surface area (Å²) in [4.78, 5) is 0. The van der Waals surface area contributed by atoms with Gasteiger partial charge in [0, 0.05) is 0 Å². The molecule has 0 aliphatic heterocycles. The van der Waals surface area contributed by atoms with Gasteiger partial charge in [-0.25, -0.2) is 0 Å². The third-order valence-corrected chi connectivity index (χ3v) is 57.3. The predicted molar refractivity (Wildman–Crippen MR) is 87.9 cm³/mol. The van der Waals surface area contributed by atoms with Crippen molar-refractivity contribution in [2.45, 2.75) is 65.5 Å². The van der Waals surface area contributed by atoms with Gasteiger partial charge in [0.2, 0.25) is 0 Å². The second-order valence-corrected chi connectivity index (χ2v) is 46.6. The van der Waals surface area contributed by atoms with Gasteiger partial charge in [-0.05, 0) is 0 Å². The SMILES string of the molecule is C[SiH](C)[Zr+2]([N](C1=CC=CC1)C(C)(C)C)[Si](C)(C)C.[H-].[H-]. The van der Waals surface area contributed by atoms with E-state index >= 15 is 0 Å². The zero-order valence-corrected chi connectivity index (χ0v) is 18.1. The topological polar surface area (TPSA) is 3.24 Å². The maximum atomic E-state index is 2.97. The van der Waals surface area contributed by atoms with Crippen LogP contribution in [0.15, 0.2) is 23.9 Å². The molecule has 0 radical (unpaired) electrons. The molecule has 1 rings (SSSR count). The van der Waals surface area contributed by atoms with Crippen LogP contribution >= 0.6 is 0 Å². The van der Waals surface area contributed by atoms with Gasteiger partial charge in [0.25, 0.3) is 0 Å². The van der Waals surface area contributed by atoms with Crippen LogP contribution in [0.5, 0.6) is 0 Å². The molecular formula is C14H32NSi2Zr. The zero-order chi connectivity index (χ0) is 14.1. The van der Waals surface area contributed by atoms with Crippen LogP contribution in [-0.2, 0) is 20.4 Å². The van der Waals surface area contributed by atoms with Gasteiger partial charge in [-0.1, -0.05) is 0 Å². The number of hydrogen-bond acceptors (Lipinski definition) is 1. The standard InChI is InChI=1S/C9H14N.C3H9Si.C2H7Si.Zr.2H/c1-9(2,3)10-8-6-4-5-7-8;1-4(2)3;1-3-2;;;/h4-6H,7H2,1-3H3;1-3H3;3H,1-2H3;;;/q-1;;;+3;2*-1. The van der Waals surface area contributed by atoms with Crippen molar-refractivity contribution < 1.29 is 23.2 Å². The maximum absolute atomic E-state index is 2.97. The molecule has 0 aromatic heterocycles. The van der Waals surface area contributed by atoms with Gasteiger partial charge in [-0.15, -0.1) is 0 Å². The molecule has 1 nitrogen and oxygen atoms in total. The van der Waals surface area contributed by atoms with Gasteiger partial charge in [0.1, 0.15) is 0 Å². The molecule has 0 unspecified atom stereocenters. The van der Waals surface area contributed by atoms with Crippen LogP contribution in [0.2, 0.25) is 32.7 Å². The molecule has 0 amide bonds. The zero-order valence-electron chi connectivity index (χ0n) is 15.5. The number of rotatable bonds is 4. The number of hydrogen-bond donors (Lipinski definition) is 0. The van der Waals surface area contributed by atoms with Crippen LogP contribution in [0.3, 0.4) is 0 Å². The molecule has 0 spiro atoms. The van der Waals surface area contributed by atoms with E-state index in [9.17, 15) is 0 Å². The first-order valence-corrected chi connectivity index (χ1v) is 22.5. The molecule has 0 bridgehead atoms. The van der Waals surface area contributed by atoms with Crippen LogP contribution < -0.4 is 0 Å². The van der Waals surface area contributed by atoms with Crippen molar-refractivity contribution in [3.8, 4) is 0 Å². The molecule has 0 aromatic rings. The first-order valence-electron chi connectivity index (χ1n) is 7.08. The summed E-state index contributed by atoms with van der Waals surface area (Å²) in [6, 6.07) is 0.